The molecule has 0 bridgehead atoms. The van der Waals surface area contributed by atoms with Gasteiger partial charge in [-0.2, -0.15) is 11.8 Å². The average molecular weight is 269 g/mol. The topological polar surface area (TPSA) is 12.0 Å². The molecule has 0 saturated heterocycles. The van der Waals surface area contributed by atoms with Crippen molar-refractivity contribution in [1.82, 2.24) is 5.32 Å². The molecule has 106 valence electrons. The first-order valence-electron chi connectivity index (χ1n) is 8.13. The molecule has 3 unspecified atom stereocenters. The van der Waals surface area contributed by atoms with Crippen LogP contribution in [-0.2, 0) is 0 Å². The molecule has 2 aliphatic rings. The van der Waals surface area contributed by atoms with E-state index in [0.29, 0.717) is 0 Å². The van der Waals surface area contributed by atoms with Gasteiger partial charge in [0, 0.05) is 23.1 Å². The summed E-state index contributed by atoms with van der Waals surface area (Å²) in [7, 11) is 0. The van der Waals surface area contributed by atoms with Gasteiger partial charge in [-0.25, -0.2) is 0 Å². The zero-order valence-electron chi connectivity index (χ0n) is 12.3. The van der Waals surface area contributed by atoms with Crippen LogP contribution in [0, 0.1) is 5.92 Å². The van der Waals surface area contributed by atoms with Gasteiger partial charge in [0.1, 0.15) is 0 Å². The maximum Gasteiger partial charge on any atom is 0.0147 e. The van der Waals surface area contributed by atoms with Crippen LogP contribution in [0.2, 0.25) is 0 Å². The van der Waals surface area contributed by atoms with Gasteiger partial charge in [0.2, 0.25) is 0 Å². The van der Waals surface area contributed by atoms with Crippen LogP contribution >= 0.6 is 11.8 Å². The number of hydrogen-bond donors (Lipinski definition) is 1. The fourth-order valence-electron chi connectivity index (χ4n) is 3.52. The van der Waals surface area contributed by atoms with Gasteiger partial charge in [-0.1, -0.05) is 46.0 Å². The number of rotatable bonds is 5. The van der Waals surface area contributed by atoms with Crippen molar-refractivity contribution in [3.63, 3.8) is 0 Å². The Kier molecular flexibility index (Phi) is 6.37. The number of nitrogens with one attached hydrogen (secondary N) is 1. The summed E-state index contributed by atoms with van der Waals surface area (Å²) in [5.74, 6) is 0.967. The second-order valence-electron chi connectivity index (χ2n) is 6.58. The van der Waals surface area contributed by atoms with Gasteiger partial charge in [-0.3, -0.25) is 0 Å². The SMILES string of the molecule is CC1CCCC(SC(C)CNC2CCCCC2)C1. The van der Waals surface area contributed by atoms with Crippen molar-refractivity contribution in [3.8, 4) is 0 Å². The van der Waals surface area contributed by atoms with Crippen LogP contribution in [0.4, 0.5) is 0 Å². The largest absolute Gasteiger partial charge is 0.313 e. The van der Waals surface area contributed by atoms with Crippen LogP contribution in [-0.4, -0.2) is 23.1 Å². The highest BCUT2D eigenvalue weighted by Gasteiger charge is 2.21. The lowest BCUT2D eigenvalue weighted by Crippen LogP contribution is -2.35. The minimum absolute atomic E-state index is 0.794. The smallest absolute Gasteiger partial charge is 0.0147 e. The lowest BCUT2D eigenvalue weighted by molar-refractivity contribution is 0.374. The highest BCUT2D eigenvalue weighted by Crippen LogP contribution is 2.34. The molecule has 0 aromatic rings. The molecule has 3 atom stereocenters. The highest BCUT2D eigenvalue weighted by molar-refractivity contribution is 8.00. The predicted octanol–water partition coefficient (Wildman–Crippen LogP) is 4.61. The van der Waals surface area contributed by atoms with Crippen LogP contribution < -0.4 is 5.32 Å². The summed E-state index contributed by atoms with van der Waals surface area (Å²) in [6.45, 7) is 6.07. The Labute approximate surface area is 118 Å². The van der Waals surface area contributed by atoms with Crippen molar-refractivity contribution < 1.29 is 0 Å². The third kappa shape index (κ3) is 5.13. The third-order valence-electron chi connectivity index (χ3n) is 4.61. The molecule has 2 aliphatic carbocycles. The second-order valence-corrected chi connectivity index (χ2v) is 8.33. The highest BCUT2D eigenvalue weighted by atomic mass is 32.2. The fourth-order valence-corrected chi connectivity index (χ4v) is 5.11. The molecule has 18 heavy (non-hydrogen) atoms. The summed E-state index contributed by atoms with van der Waals surface area (Å²) in [5, 5.41) is 5.54. The van der Waals surface area contributed by atoms with Crippen LogP contribution in [0.1, 0.15) is 71.6 Å². The summed E-state index contributed by atoms with van der Waals surface area (Å²) in [5.41, 5.74) is 0. The van der Waals surface area contributed by atoms with Gasteiger partial charge in [-0.15, -0.1) is 0 Å². The standard InChI is InChI=1S/C16H31NS/c1-13-7-6-10-16(11-13)18-14(2)12-17-15-8-4-3-5-9-15/h13-17H,3-12H2,1-2H3. The fraction of sp³-hybridized carbons (Fsp3) is 1.00. The summed E-state index contributed by atoms with van der Waals surface area (Å²) in [6.07, 6.45) is 13.0. The van der Waals surface area contributed by atoms with Crippen molar-refractivity contribution in [2.45, 2.75) is 88.2 Å². The minimum Gasteiger partial charge on any atom is -0.313 e. The van der Waals surface area contributed by atoms with E-state index in [1.54, 1.807) is 0 Å². The first-order chi connectivity index (χ1) is 8.74. The lowest BCUT2D eigenvalue weighted by atomic mass is 9.91. The van der Waals surface area contributed by atoms with Crippen LogP contribution in [0.15, 0.2) is 0 Å². The average Bonchev–Trinajstić information content (AvgIpc) is 2.38. The van der Waals surface area contributed by atoms with E-state index >= 15 is 0 Å². The van der Waals surface area contributed by atoms with Gasteiger partial charge >= 0.3 is 0 Å². The summed E-state index contributed by atoms with van der Waals surface area (Å²) >= 11 is 2.25. The van der Waals surface area contributed by atoms with Crippen molar-refractivity contribution in [3.05, 3.63) is 0 Å². The van der Waals surface area contributed by atoms with Gasteiger partial charge in [0.25, 0.3) is 0 Å². The van der Waals surface area contributed by atoms with E-state index in [0.717, 1.165) is 22.5 Å². The van der Waals surface area contributed by atoms with E-state index in [9.17, 15) is 0 Å². The zero-order valence-corrected chi connectivity index (χ0v) is 13.1. The van der Waals surface area contributed by atoms with Gasteiger partial charge in [0.05, 0.1) is 0 Å². The van der Waals surface area contributed by atoms with Gasteiger partial charge in [0.15, 0.2) is 0 Å². The number of thioether (sulfide) groups is 1. The first-order valence-corrected chi connectivity index (χ1v) is 9.07. The molecule has 2 saturated carbocycles. The van der Waals surface area contributed by atoms with Crippen molar-refractivity contribution >= 4 is 11.8 Å². The Hall–Kier alpha value is 0.310. The van der Waals surface area contributed by atoms with Crippen LogP contribution in [0.5, 0.6) is 0 Å². The normalized spacial score (nSPS) is 32.3. The molecule has 0 radical (unpaired) electrons. The van der Waals surface area contributed by atoms with E-state index in [2.05, 4.69) is 30.9 Å². The molecule has 0 heterocycles. The molecule has 0 amide bonds. The Morgan fingerprint density at radius 3 is 2.56 bits per heavy atom. The maximum atomic E-state index is 3.80. The van der Waals surface area contributed by atoms with Crippen LogP contribution in [0.3, 0.4) is 0 Å². The molecule has 1 nitrogen and oxygen atoms in total. The molecule has 0 aromatic carbocycles. The molecular formula is C16H31NS. The number of hydrogen-bond acceptors (Lipinski definition) is 2. The van der Waals surface area contributed by atoms with E-state index in [1.807, 2.05) is 0 Å². The zero-order chi connectivity index (χ0) is 12.8. The van der Waals surface area contributed by atoms with Crippen LogP contribution in [0.25, 0.3) is 0 Å². The molecule has 0 aliphatic heterocycles. The van der Waals surface area contributed by atoms with Crippen molar-refractivity contribution in [2.75, 3.05) is 6.54 Å². The van der Waals surface area contributed by atoms with Crippen molar-refractivity contribution in [1.29, 1.82) is 0 Å². The van der Waals surface area contributed by atoms with Crippen molar-refractivity contribution in [2.24, 2.45) is 5.92 Å². The molecule has 2 heteroatoms. The molecule has 0 spiro atoms. The Balaban J connectivity index is 1.60. The molecular weight excluding hydrogens is 238 g/mol. The second kappa shape index (κ2) is 7.79. The quantitative estimate of drug-likeness (QED) is 0.782. The van der Waals surface area contributed by atoms with E-state index < -0.39 is 0 Å². The predicted molar refractivity (Wildman–Crippen MR) is 83.3 cm³/mol. The molecule has 0 aromatic heterocycles. The molecule has 1 N–H and O–H groups in total. The summed E-state index contributed by atoms with van der Waals surface area (Å²) in [4.78, 5) is 0. The third-order valence-corrected chi connectivity index (χ3v) is 6.06. The van der Waals surface area contributed by atoms with E-state index in [-0.39, 0.29) is 0 Å². The summed E-state index contributed by atoms with van der Waals surface area (Å²) < 4.78 is 0. The van der Waals surface area contributed by atoms with E-state index in [4.69, 9.17) is 0 Å². The summed E-state index contributed by atoms with van der Waals surface area (Å²) in [6, 6.07) is 0.826. The Bertz CT molecular complexity index is 225. The maximum absolute atomic E-state index is 3.80. The minimum atomic E-state index is 0.794. The van der Waals surface area contributed by atoms with Gasteiger partial charge < -0.3 is 5.32 Å². The Morgan fingerprint density at radius 1 is 1.06 bits per heavy atom. The first kappa shape index (κ1) is 14.7. The van der Waals surface area contributed by atoms with Gasteiger partial charge in [-0.05, 0) is 31.6 Å². The Morgan fingerprint density at radius 2 is 1.83 bits per heavy atom. The molecule has 2 fully saturated rings. The molecule has 2 rings (SSSR count). The lowest BCUT2D eigenvalue weighted by Gasteiger charge is -2.30. The monoisotopic (exact) mass is 269 g/mol. The van der Waals surface area contributed by atoms with E-state index in [1.165, 1.54) is 64.3 Å².